The molecule has 2 unspecified atom stereocenters. The molecule has 0 radical (unpaired) electrons. The van der Waals surface area contributed by atoms with Gasteiger partial charge in [0, 0.05) is 25.1 Å². The second-order valence-corrected chi connectivity index (χ2v) is 7.07. The van der Waals surface area contributed by atoms with Crippen LogP contribution in [-0.4, -0.2) is 36.4 Å². The standard InChI is InChI=1S/C18H24N2O4/c1-18(8-9-24-15(18)13-6-7-13)11-20-17(23)19-10-12-2-4-14(5-3-12)16(21)22/h2-5,13,15H,6-11H2,1H3,(H,21,22)(H2,19,20,23). The van der Waals surface area contributed by atoms with Gasteiger partial charge in [0.15, 0.2) is 0 Å². The quantitative estimate of drug-likeness (QED) is 0.746. The first-order chi connectivity index (χ1) is 11.5. The topological polar surface area (TPSA) is 87.7 Å². The summed E-state index contributed by atoms with van der Waals surface area (Å²) in [6, 6.07) is 6.28. The van der Waals surface area contributed by atoms with Gasteiger partial charge in [-0.05, 0) is 42.9 Å². The van der Waals surface area contributed by atoms with Crippen LogP contribution in [0.3, 0.4) is 0 Å². The minimum atomic E-state index is -0.954. The highest BCUT2D eigenvalue weighted by Crippen LogP contribution is 2.47. The molecule has 1 aliphatic heterocycles. The number of ether oxygens (including phenoxy) is 1. The van der Waals surface area contributed by atoms with E-state index in [1.165, 1.54) is 25.0 Å². The lowest BCUT2D eigenvalue weighted by Crippen LogP contribution is -2.45. The second-order valence-electron chi connectivity index (χ2n) is 7.07. The lowest BCUT2D eigenvalue weighted by Gasteiger charge is -2.30. The number of aromatic carboxylic acids is 1. The van der Waals surface area contributed by atoms with Crippen molar-refractivity contribution in [1.29, 1.82) is 0 Å². The van der Waals surface area contributed by atoms with Crippen molar-refractivity contribution in [2.24, 2.45) is 11.3 Å². The van der Waals surface area contributed by atoms with Crippen LogP contribution in [0.4, 0.5) is 4.79 Å². The van der Waals surface area contributed by atoms with Crippen LogP contribution >= 0.6 is 0 Å². The van der Waals surface area contributed by atoms with Gasteiger partial charge in [0.2, 0.25) is 0 Å². The van der Waals surface area contributed by atoms with E-state index in [-0.39, 0.29) is 23.1 Å². The summed E-state index contributed by atoms with van der Waals surface area (Å²) >= 11 is 0. The molecular weight excluding hydrogens is 308 g/mol. The number of urea groups is 1. The van der Waals surface area contributed by atoms with Crippen molar-refractivity contribution in [2.75, 3.05) is 13.2 Å². The molecule has 1 aliphatic carbocycles. The number of nitrogens with one attached hydrogen (secondary N) is 2. The Kier molecular flexibility index (Phi) is 4.76. The molecule has 6 heteroatoms. The average Bonchev–Trinajstić information content (AvgIpc) is 3.34. The molecule has 1 aromatic rings. The summed E-state index contributed by atoms with van der Waals surface area (Å²) in [5.41, 5.74) is 1.12. The zero-order valence-corrected chi connectivity index (χ0v) is 13.9. The van der Waals surface area contributed by atoms with Crippen molar-refractivity contribution < 1.29 is 19.4 Å². The van der Waals surface area contributed by atoms with E-state index in [1.54, 1.807) is 12.1 Å². The van der Waals surface area contributed by atoms with E-state index >= 15 is 0 Å². The summed E-state index contributed by atoms with van der Waals surface area (Å²) in [6.45, 7) is 3.94. The van der Waals surface area contributed by atoms with Gasteiger partial charge in [-0.1, -0.05) is 19.1 Å². The van der Waals surface area contributed by atoms with Crippen molar-refractivity contribution >= 4 is 12.0 Å². The first-order valence-electron chi connectivity index (χ1n) is 8.43. The summed E-state index contributed by atoms with van der Waals surface area (Å²) in [5, 5.41) is 14.6. The maximum absolute atomic E-state index is 12.0. The third kappa shape index (κ3) is 3.87. The summed E-state index contributed by atoms with van der Waals surface area (Å²) in [6.07, 6.45) is 3.71. The fourth-order valence-corrected chi connectivity index (χ4v) is 3.35. The van der Waals surface area contributed by atoms with Crippen molar-refractivity contribution in [3.8, 4) is 0 Å². The molecule has 3 N–H and O–H groups in total. The smallest absolute Gasteiger partial charge is 0.335 e. The Morgan fingerprint density at radius 2 is 1.96 bits per heavy atom. The number of benzene rings is 1. The molecule has 3 rings (SSSR count). The number of amides is 2. The molecule has 0 aromatic heterocycles. The van der Waals surface area contributed by atoms with Crippen molar-refractivity contribution in [2.45, 2.75) is 38.8 Å². The molecule has 24 heavy (non-hydrogen) atoms. The van der Waals surface area contributed by atoms with Gasteiger partial charge in [0.1, 0.15) is 0 Å². The predicted molar refractivity (Wildman–Crippen MR) is 88.8 cm³/mol. The first kappa shape index (κ1) is 16.8. The SMILES string of the molecule is CC1(CNC(=O)NCc2ccc(C(=O)O)cc2)CCOC1C1CC1. The summed E-state index contributed by atoms with van der Waals surface area (Å²) < 4.78 is 5.86. The molecule has 2 fully saturated rings. The van der Waals surface area contributed by atoms with Crippen LogP contribution in [0.2, 0.25) is 0 Å². The maximum Gasteiger partial charge on any atom is 0.335 e. The van der Waals surface area contributed by atoms with Gasteiger partial charge in [-0.15, -0.1) is 0 Å². The summed E-state index contributed by atoms with van der Waals surface area (Å²) in [5.74, 6) is -0.292. The Labute approximate surface area is 141 Å². The summed E-state index contributed by atoms with van der Waals surface area (Å²) in [7, 11) is 0. The minimum Gasteiger partial charge on any atom is -0.478 e. The van der Waals surface area contributed by atoms with Crippen LogP contribution in [0.5, 0.6) is 0 Å². The van der Waals surface area contributed by atoms with Gasteiger partial charge >= 0.3 is 12.0 Å². The second kappa shape index (κ2) is 6.81. The van der Waals surface area contributed by atoms with Crippen molar-refractivity contribution in [3.05, 3.63) is 35.4 Å². The van der Waals surface area contributed by atoms with Gasteiger partial charge in [0.05, 0.1) is 11.7 Å². The van der Waals surface area contributed by atoms with E-state index in [4.69, 9.17) is 9.84 Å². The molecule has 1 aromatic carbocycles. The largest absolute Gasteiger partial charge is 0.478 e. The number of rotatable bonds is 6. The maximum atomic E-state index is 12.0. The Balaban J connectivity index is 1.44. The lowest BCUT2D eigenvalue weighted by atomic mass is 9.81. The van der Waals surface area contributed by atoms with E-state index < -0.39 is 5.97 Å². The fourth-order valence-electron chi connectivity index (χ4n) is 3.35. The molecular formula is C18H24N2O4. The van der Waals surface area contributed by atoms with Gasteiger partial charge in [0.25, 0.3) is 0 Å². The molecule has 1 heterocycles. The van der Waals surface area contributed by atoms with E-state index in [9.17, 15) is 9.59 Å². The predicted octanol–water partition coefficient (Wildman–Crippen LogP) is 2.39. The number of carbonyl (C=O) groups is 2. The number of carboxylic acid groups (broad SMARTS) is 1. The highest BCUT2D eigenvalue weighted by atomic mass is 16.5. The Hall–Kier alpha value is -2.08. The third-order valence-corrected chi connectivity index (χ3v) is 5.01. The highest BCUT2D eigenvalue weighted by Gasteiger charge is 2.48. The number of hydrogen-bond acceptors (Lipinski definition) is 3. The molecule has 2 amide bonds. The number of carboxylic acids is 1. The van der Waals surface area contributed by atoms with Crippen LogP contribution < -0.4 is 10.6 Å². The zero-order chi connectivity index (χ0) is 17.2. The molecule has 1 saturated heterocycles. The van der Waals surface area contributed by atoms with Gasteiger partial charge in [-0.2, -0.15) is 0 Å². The summed E-state index contributed by atoms with van der Waals surface area (Å²) in [4.78, 5) is 22.8. The number of carbonyl (C=O) groups excluding carboxylic acids is 1. The molecule has 0 spiro atoms. The zero-order valence-electron chi connectivity index (χ0n) is 13.9. The molecule has 1 saturated carbocycles. The molecule has 2 atom stereocenters. The first-order valence-corrected chi connectivity index (χ1v) is 8.43. The van der Waals surface area contributed by atoms with Crippen LogP contribution in [0.1, 0.15) is 42.1 Å². The number of hydrogen-bond donors (Lipinski definition) is 3. The fraction of sp³-hybridized carbons (Fsp3) is 0.556. The highest BCUT2D eigenvalue weighted by molar-refractivity contribution is 5.87. The van der Waals surface area contributed by atoms with E-state index in [0.717, 1.165) is 18.6 Å². The van der Waals surface area contributed by atoms with Crippen LogP contribution in [0.25, 0.3) is 0 Å². The van der Waals surface area contributed by atoms with Gasteiger partial charge in [-0.3, -0.25) is 0 Å². The Morgan fingerprint density at radius 3 is 2.58 bits per heavy atom. The van der Waals surface area contributed by atoms with Crippen LogP contribution in [0, 0.1) is 11.3 Å². The van der Waals surface area contributed by atoms with E-state index in [2.05, 4.69) is 17.6 Å². The van der Waals surface area contributed by atoms with Gasteiger partial charge < -0.3 is 20.5 Å². The van der Waals surface area contributed by atoms with Gasteiger partial charge in [-0.25, -0.2) is 9.59 Å². The monoisotopic (exact) mass is 332 g/mol. The molecule has 2 aliphatic rings. The molecule has 130 valence electrons. The third-order valence-electron chi connectivity index (χ3n) is 5.01. The van der Waals surface area contributed by atoms with Crippen LogP contribution in [-0.2, 0) is 11.3 Å². The van der Waals surface area contributed by atoms with Crippen molar-refractivity contribution in [1.82, 2.24) is 10.6 Å². The molecule has 6 nitrogen and oxygen atoms in total. The lowest BCUT2D eigenvalue weighted by molar-refractivity contribution is 0.0398. The normalized spacial score (nSPS) is 26.1. The van der Waals surface area contributed by atoms with E-state index in [1.807, 2.05) is 0 Å². The Bertz CT molecular complexity index is 612. The average molecular weight is 332 g/mol. The Morgan fingerprint density at radius 1 is 1.25 bits per heavy atom. The van der Waals surface area contributed by atoms with Crippen molar-refractivity contribution in [3.63, 3.8) is 0 Å². The molecule has 0 bridgehead atoms. The van der Waals surface area contributed by atoms with E-state index in [0.29, 0.717) is 19.0 Å². The minimum absolute atomic E-state index is 0.0155. The van der Waals surface area contributed by atoms with Crippen LogP contribution in [0.15, 0.2) is 24.3 Å².